The van der Waals surface area contributed by atoms with E-state index in [4.69, 9.17) is 18.9 Å². The molecule has 0 saturated carbocycles. The number of ketones is 1. The third-order valence-electron chi connectivity index (χ3n) is 4.23. The topological polar surface area (TPSA) is 71.1 Å². The standard InChI is InChI=1S/C20H20O6/c1-12(21)26-19-9-13(4-7-17(19)24-3)8-14-11-25-18-10-15(23-2)5-6-16(18)20(14)22/h4-7,9-10,14H,8,11H2,1-3H3. The highest BCUT2D eigenvalue weighted by molar-refractivity contribution is 6.01. The summed E-state index contributed by atoms with van der Waals surface area (Å²) in [5.74, 6) is 1.28. The molecule has 0 spiro atoms. The Balaban J connectivity index is 1.81. The fourth-order valence-electron chi connectivity index (χ4n) is 2.96. The molecule has 136 valence electrons. The van der Waals surface area contributed by atoms with Crippen molar-refractivity contribution in [1.82, 2.24) is 0 Å². The van der Waals surface area contributed by atoms with Crippen LogP contribution in [0.3, 0.4) is 0 Å². The largest absolute Gasteiger partial charge is 0.497 e. The van der Waals surface area contributed by atoms with Gasteiger partial charge in [-0.05, 0) is 36.2 Å². The van der Waals surface area contributed by atoms with Crippen molar-refractivity contribution in [3.8, 4) is 23.0 Å². The molecule has 0 aliphatic carbocycles. The van der Waals surface area contributed by atoms with Crippen LogP contribution in [-0.2, 0) is 11.2 Å². The van der Waals surface area contributed by atoms with Crippen LogP contribution >= 0.6 is 0 Å². The van der Waals surface area contributed by atoms with Crippen LogP contribution in [0.1, 0.15) is 22.8 Å². The van der Waals surface area contributed by atoms with Crippen molar-refractivity contribution in [2.24, 2.45) is 5.92 Å². The average molecular weight is 356 g/mol. The first-order valence-corrected chi connectivity index (χ1v) is 8.22. The van der Waals surface area contributed by atoms with Crippen molar-refractivity contribution in [3.63, 3.8) is 0 Å². The maximum Gasteiger partial charge on any atom is 0.308 e. The SMILES string of the molecule is COc1ccc2c(c1)OCC(Cc1ccc(OC)c(OC(C)=O)c1)C2=O. The Labute approximate surface area is 151 Å². The Morgan fingerprint density at radius 2 is 1.92 bits per heavy atom. The van der Waals surface area contributed by atoms with Crippen molar-refractivity contribution in [3.05, 3.63) is 47.5 Å². The fourth-order valence-corrected chi connectivity index (χ4v) is 2.96. The summed E-state index contributed by atoms with van der Waals surface area (Å²) in [6, 6.07) is 10.5. The van der Waals surface area contributed by atoms with Crippen molar-refractivity contribution in [2.75, 3.05) is 20.8 Å². The van der Waals surface area contributed by atoms with Crippen LogP contribution in [0.4, 0.5) is 0 Å². The zero-order valence-electron chi connectivity index (χ0n) is 14.9. The fraction of sp³-hybridized carbons (Fsp3) is 0.300. The maximum atomic E-state index is 12.8. The lowest BCUT2D eigenvalue weighted by Crippen LogP contribution is -2.29. The van der Waals surface area contributed by atoms with Gasteiger partial charge < -0.3 is 18.9 Å². The van der Waals surface area contributed by atoms with E-state index in [1.165, 1.54) is 14.0 Å². The number of Topliss-reactive ketones (excluding diaryl/α,β-unsaturated/α-hetero) is 1. The summed E-state index contributed by atoms with van der Waals surface area (Å²) in [4.78, 5) is 24.0. The molecule has 0 fully saturated rings. The number of hydrogen-bond acceptors (Lipinski definition) is 6. The molecule has 6 heteroatoms. The second-order valence-corrected chi connectivity index (χ2v) is 6.02. The van der Waals surface area contributed by atoms with Gasteiger partial charge in [0.25, 0.3) is 0 Å². The highest BCUT2D eigenvalue weighted by atomic mass is 16.6. The van der Waals surface area contributed by atoms with Crippen LogP contribution in [0.5, 0.6) is 23.0 Å². The lowest BCUT2D eigenvalue weighted by atomic mass is 9.89. The van der Waals surface area contributed by atoms with Crippen molar-refractivity contribution in [1.29, 1.82) is 0 Å². The number of rotatable bonds is 5. The summed E-state index contributed by atoms with van der Waals surface area (Å²) in [5.41, 5.74) is 1.41. The molecular weight excluding hydrogens is 336 g/mol. The summed E-state index contributed by atoms with van der Waals surface area (Å²) in [5, 5.41) is 0. The van der Waals surface area contributed by atoms with Gasteiger partial charge >= 0.3 is 5.97 Å². The normalized spacial score (nSPS) is 15.7. The van der Waals surface area contributed by atoms with E-state index >= 15 is 0 Å². The molecule has 6 nitrogen and oxygen atoms in total. The predicted molar refractivity (Wildman–Crippen MR) is 94.3 cm³/mol. The van der Waals surface area contributed by atoms with E-state index in [1.54, 1.807) is 37.4 Å². The van der Waals surface area contributed by atoms with Gasteiger partial charge in [-0.2, -0.15) is 0 Å². The van der Waals surface area contributed by atoms with Gasteiger partial charge in [0, 0.05) is 13.0 Å². The zero-order valence-corrected chi connectivity index (χ0v) is 14.9. The molecule has 1 aliphatic rings. The molecule has 0 saturated heterocycles. The lowest BCUT2D eigenvalue weighted by molar-refractivity contribution is -0.132. The summed E-state index contributed by atoms with van der Waals surface area (Å²) < 4.78 is 21.3. The molecule has 0 N–H and O–H groups in total. The van der Waals surface area contributed by atoms with Crippen LogP contribution in [0.15, 0.2) is 36.4 Å². The van der Waals surface area contributed by atoms with E-state index < -0.39 is 5.97 Å². The van der Waals surface area contributed by atoms with Gasteiger partial charge in [-0.25, -0.2) is 0 Å². The smallest absolute Gasteiger partial charge is 0.308 e. The number of carbonyl (C=O) groups is 2. The van der Waals surface area contributed by atoms with E-state index in [2.05, 4.69) is 0 Å². The van der Waals surface area contributed by atoms with Gasteiger partial charge in [-0.1, -0.05) is 6.07 Å². The molecule has 2 aromatic carbocycles. The molecule has 2 aromatic rings. The molecule has 0 aromatic heterocycles. The number of fused-ring (bicyclic) bond motifs is 1. The molecule has 3 rings (SSSR count). The van der Waals surface area contributed by atoms with Gasteiger partial charge in [-0.3, -0.25) is 9.59 Å². The third-order valence-corrected chi connectivity index (χ3v) is 4.23. The van der Waals surface area contributed by atoms with E-state index in [0.717, 1.165) is 5.56 Å². The minimum atomic E-state index is -0.430. The second-order valence-electron chi connectivity index (χ2n) is 6.02. The summed E-state index contributed by atoms with van der Waals surface area (Å²) >= 11 is 0. The Bertz CT molecular complexity index is 842. The Hall–Kier alpha value is -3.02. The molecule has 0 radical (unpaired) electrons. The number of carbonyl (C=O) groups excluding carboxylic acids is 2. The van der Waals surface area contributed by atoms with Gasteiger partial charge in [0.05, 0.1) is 32.3 Å². The van der Waals surface area contributed by atoms with Gasteiger partial charge in [0.1, 0.15) is 11.5 Å². The zero-order chi connectivity index (χ0) is 18.7. The van der Waals surface area contributed by atoms with Crippen molar-refractivity contribution >= 4 is 11.8 Å². The molecule has 0 bridgehead atoms. The quantitative estimate of drug-likeness (QED) is 0.606. The van der Waals surface area contributed by atoms with Crippen LogP contribution in [-0.4, -0.2) is 32.6 Å². The van der Waals surface area contributed by atoms with Gasteiger partial charge in [-0.15, -0.1) is 0 Å². The van der Waals surface area contributed by atoms with Crippen LogP contribution in [0, 0.1) is 5.92 Å². The Kier molecular flexibility index (Phi) is 5.11. The minimum Gasteiger partial charge on any atom is -0.497 e. The van der Waals surface area contributed by atoms with Gasteiger partial charge in [0.2, 0.25) is 0 Å². The molecule has 26 heavy (non-hydrogen) atoms. The monoisotopic (exact) mass is 356 g/mol. The van der Waals surface area contributed by atoms with Crippen LogP contribution in [0.25, 0.3) is 0 Å². The third kappa shape index (κ3) is 3.64. The first kappa shape index (κ1) is 17.8. The Morgan fingerprint density at radius 3 is 2.62 bits per heavy atom. The predicted octanol–water partition coefficient (Wildman–Crippen LogP) is 3.06. The maximum absolute atomic E-state index is 12.8. The van der Waals surface area contributed by atoms with Gasteiger partial charge in [0.15, 0.2) is 17.3 Å². The summed E-state index contributed by atoms with van der Waals surface area (Å²) in [7, 11) is 3.07. The van der Waals surface area contributed by atoms with Crippen molar-refractivity contribution in [2.45, 2.75) is 13.3 Å². The first-order chi connectivity index (χ1) is 12.5. The minimum absolute atomic E-state index is 0.0266. The molecule has 1 atom stereocenters. The van der Waals surface area contributed by atoms with Crippen LogP contribution < -0.4 is 18.9 Å². The highest BCUT2D eigenvalue weighted by Crippen LogP contribution is 2.34. The summed E-state index contributed by atoms with van der Waals surface area (Å²) in [6.45, 7) is 1.61. The first-order valence-electron chi connectivity index (χ1n) is 8.22. The Morgan fingerprint density at radius 1 is 1.12 bits per heavy atom. The molecule has 1 heterocycles. The van der Waals surface area contributed by atoms with E-state index in [0.29, 0.717) is 35.0 Å². The number of ether oxygens (including phenoxy) is 4. The van der Waals surface area contributed by atoms with E-state index in [-0.39, 0.29) is 18.3 Å². The number of methoxy groups -OCH3 is 2. The molecule has 0 amide bonds. The average Bonchev–Trinajstić information content (AvgIpc) is 2.63. The van der Waals surface area contributed by atoms with E-state index in [1.807, 2.05) is 6.07 Å². The van der Waals surface area contributed by atoms with Crippen molar-refractivity contribution < 1.29 is 28.5 Å². The number of hydrogen-bond donors (Lipinski definition) is 0. The summed E-state index contributed by atoms with van der Waals surface area (Å²) in [6.07, 6.45) is 0.475. The lowest BCUT2D eigenvalue weighted by Gasteiger charge is -2.24. The highest BCUT2D eigenvalue weighted by Gasteiger charge is 2.29. The van der Waals surface area contributed by atoms with Crippen LogP contribution in [0.2, 0.25) is 0 Å². The second kappa shape index (κ2) is 7.47. The molecular formula is C20H20O6. The molecule has 1 unspecified atom stereocenters. The van der Waals surface area contributed by atoms with E-state index in [9.17, 15) is 9.59 Å². The number of benzene rings is 2. The number of esters is 1. The molecule has 1 aliphatic heterocycles.